The van der Waals surface area contributed by atoms with Crippen molar-refractivity contribution < 1.29 is 14.6 Å². The molecule has 2 aromatic rings. The average Bonchev–Trinajstić information content (AvgIpc) is 2.46. The third kappa shape index (κ3) is 3.39. The van der Waals surface area contributed by atoms with E-state index in [-0.39, 0.29) is 5.56 Å². The van der Waals surface area contributed by atoms with Gasteiger partial charge in [0.05, 0.1) is 12.7 Å². The predicted octanol–water partition coefficient (Wildman–Crippen LogP) is 4.22. The molecule has 0 saturated carbocycles. The minimum absolute atomic E-state index is 0.224. The average molecular weight is 289 g/mol. The molecular formula is C16H13ClO3. The van der Waals surface area contributed by atoms with Crippen LogP contribution in [0.1, 0.15) is 21.5 Å². The fourth-order valence-electron chi connectivity index (χ4n) is 1.76. The first-order chi connectivity index (χ1) is 9.60. The first kappa shape index (κ1) is 14.2. The number of methoxy groups -OCH3 is 1. The van der Waals surface area contributed by atoms with E-state index in [4.69, 9.17) is 21.4 Å². The lowest BCUT2D eigenvalue weighted by Gasteiger charge is -2.05. The molecule has 0 saturated heterocycles. The molecule has 102 valence electrons. The van der Waals surface area contributed by atoms with Gasteiger partial charge in [0.25, 0.3) is 0 Å². The van der Waals surface area contributed by atoms with Gasteiger partial charge in [-0.3, -0.25) is 0 Å². The summed E-state index contributed by atoms with van der Waals surface area (Å²) in [6, 6.07) is 12.1. The Morgan fingerprint density at radius 2 is 1.85 bits per heavy atom. The number of halogens is 1. The second kappa shape index (κ2) is 6.26. The lowest BCUT2D eigenvalue weighted by molar-refractivity contribution is 0.0697. The molecule has 20 heavy (non-hydrogen) atoms. The molecular weight excluding hydrogens is 276 g/mol. The van der Waals surface area contributed by atoms with Crippen molar-refractivity contribution in [3.8, 4) is 5.75 Å². The smallest absolute Gasteiger partial charge is 0.335 e. The Hall–Kier alpha value is -2.26. The van der Waals surface area contributed by atoms with Crippen molar-refractivity contribution in [2.45, 2.75) is 0 Å². The maximum Gasteiger partial charge on any atom is 0.335 e. The van der Waals surface area contributed by atoms with E-state index >= 15 is 0 Å². The Morgan fingerprint density at radius 1 is 1.15 bits per heavy atom. The van der Waals surface area contributed by atoms with Gasteiger partial charge in [-0.2, -0.15) is 0 Å². The highest BCUT2D eigenvalue weighted by atomic mass is 35.5. The van der Waals surface area contributed by atoms with Crippen LogP contribution in [0.2, 0.25) is 5.02 Å². The first-order valence-electron chi connectivity index (χ1n) is 5.95. The number of carbonyl (C=O) groups is 1. The molecule has 0 unspecified atom stereocenters. The zero-order chi connectivity index (χ0) is 14.5. The van der Waals surface area contributed by atoms with Crippen molar-refractivity contribution in [3.63, 3.8) is 0 Å². The lowest BCUT2D eigenvalue weighted by atomic mass is 10.1. The SMILES string of the molecule is COc1ccc(C(=O)O)cc1C=Cc1ccc(Cl)cc1. The zero-order valence-corrected chi connectivity index (χ0v) is 11.6. The molecule has 3 nitrogen and oxygen atoms in total. The van der Waals surface area contributed by atoms with E-state index in [1.807, 2.05) is 24.3 Å². The molecule has 0 heterocycles. The maximum atomic E-state index is 11.0. The van der Waals surface area contributed by atoms with E-state index in [1.54, 1.807) is 31.4 Å². The monoisotopic (exact) mass is 288 g/mol. The Kier molecular flexibility index (Phi) is 4.43. The minimum Gasteiger partial charge on any atom is -0.496 e. The number of ether oxygens (including phenoxy) is 1. The number of benzene rings is 2. The van der Waals surface area contributed by atoms with Gasteiger partial charge in [-0.25, -0.2) is 4.79 Å². The van der Waals surface area contributed by atoms with Gasteiger partial charge in [0.1, 0.15) is 5.75 Å². The van der Waals surface area contributed by atoms with E-state index < -0.39 is 5.97 Å². The van der Waals surface area contributed by atoms with Gasteiger partial charge in [-0.05, 0) is 35.9 Å². The molecule has 0 aliphatic carbocycles. The lowest BCUT2D eigenvalue weighted by Crippen LogP contribution is -1.97. The third-order valence-electron chi connectivity index (χ3n) is 2.80. The number of hydrogen-bond donors (Lipinski definition) is 1. The normalized spacial score (nSPS) is 10.7. The van der Waals surface area contributed by atoms with Crippen LogP contribution in [0.15, 0.2) is 42.5 Å². The van der Waals surface area contributed by atoms with Crippen molar-refractivity contribution in [1.29, 1.82) is 0 Å². The Morgan fingerprint density at radius 3 is 2.45 bits per heavy atom. The van der Waals surface area contributed by atoms with Gasteiger partial charge in [0, 0.05) is 10.6 Å². The molecule has 0 aromatic heterocycles. The van der Waals surface area contributed by atoms with Crippen molar-refractivity contribution in [2.24, 2.45) is 0 Å². The molecule has 0 fully saturated rings. The quantitative estimate of drug-likeness (QED) is 0.857. The van der Waals surface area contributed by atoms with Gasteiger partial charge < -0.3 is 9.84 Å². The molecule has 0 aliphatic heterocycles. The summed E-state index contributed by atoms with van der Waals surface area (Å²) in [5, 5.41) is 9.68. The number of rotatable bonds is 4. The van der Waals surface area contributed by atoms with Crippen LogP contribution in [0.25, 0.3) is 12.2 Å². The van der Waals surface area contributed by atoms with Crippen LogP contribution in [-0.2, 0) is 0 Å². The highest BCUT2D eigenvalue weighted by Crippen LogP contribution is 2.22. The van der Waals surface area contributed by atoms with Crippen molar-refractivity contribution in [3.05, 3.63) is 64.2 Å². The fraction of sp³-hybridized carbons (Fsp3) is 0.0625. The third-order valence-corrected chi connectivity index (χ3v) is 3.05. The van der Waals surface area contributed by atoms with Gasteiger partial charge in [-0.15, -0.1) is 0 Å². The van der Waals surface area contributed by atoms with Crippen LogP contribution in [0.3, 0.4) is 0 Å². The van der Waals surface area contributed by atoms with Crippen molar-refractivity contribution in [1.82, 2.24) is 0 Å². The number of hydrogen-bond acceptors (Lipinski definition) is 2. The summed E-state index contributed by atoms with van der Waals surface area (Å²) in [4.78, 5) is 11.0. The van der Waals surface area contributed by atoms with E-state index in [0.717, 1.165) is 5.56 Å². The Labute approximate surface area is 122 Å². The molecule has 0 radical (unpaired) electrons. The number of carboxylic acid groups (broad SMARTS) is 1. The maximum absolute atomic E-state index is 11.0. The Bertz CT molecular complexity index is 645. The van der Waals surface area contributed by atoms with Crippen LogP contribution in [0.5, 0.6) is 5.75 Å². The van der Waals surface area contributed by atoms with Gasteiger partial charge >= 0.3 is 5.97 Å². The van der Waals surface area contributed by atoms with Crippen LogP contribution >= 0.6 is 11.6 Å². The minimum atomic E-state index is -0.964. The summed E-state index contributed by atoms with van der Waals surface area (Å²) < 4.78 is 5.22. The highest BCUT2D eigenvalue weighted by Gasteiger charge is 2.06. The van der Waals surface area contributed by atoms with E-state index in [0.29, 0.717) is 16.3 Å². The standard InChI is InChI=1S/C16H13ClO3/c1-20-15-9-6-13(16(18)19)10-12(15)5-2-11-3-7-14(17)8-4-11/h2-10H,1H3,(H,18,19). The van der Waals surface area contributed by atoms with Crippen LogP contribution in [0.4, 0.5) is 0 Å². The summed E-state index contributed by atoms with van der Waals surface area (Å²) in [7, 11) is 1.55. The van der Waals surface area contributed by atoms with E-state index in [2.05, 4.69) is 0 Å². The van der Waals surface area contributed by atoms with Crippen molar-refractivity contribution in [2.75, 3.05) is 7.11 Å². The molecule has 0 aliphatic rings. The van der Waals surface area contributed by atoms with Gasteiger partial charge in [0.15, 0.2) is 0 Å². The molecule has 0 atom stereocenters. The highest BCUT2D eigenvalue weighted by molar-refractivity contribution is 6.30. The molecule has 2 rings (SSSR count). The van der Waals surface area contributed by atoms with Gasteiger partial charge in [-0.1, -0.05) is 35.9 Å². The van der Waals surface area contributed by atoms with Gasteiger partial charge in [0.2, 0.25) is 0 Å². The second-order valence-electron chi connectivity index (χ2n) is 4.15. The van der Waals surface area contributed by atoms with Crippen LogP contribution < -0.4 is 4.74 Å². The molecule has 0 amide bonds. The van der Waals surface area contributed by atoms with Crippen LogP contribution in [-0.4, -0.2) is 18.2 Å². The summed E-state index contributed by atoms with van der Waals surface area (Å²) in [6.45, 7) is 0. The summed E-state index contributed by atoms with van der Waals surface area (Å²) in [5.74, 6) is -0.339. The zero-order valence-electron chi connectivity index (χ0n) is 10.8. The summed E-state index contributed by atoms with van der Waals surface area (Å²) in [6.07, 6.45) is 3.69. The fourth-order valence-corrected chi connectivity index (χ4v) is 1.88. The number of carboxylic acids is 1. The van der Waals surface area contributed by atoms with Crippen molar-refractivity contribution >= 4 is 29.7 Å². The predicted molar refractivity (Wildman–Crippen MR) is 80.3 cm³/mol. The topological polar surface area (TPSA) is 46.5 Å². The van der Waals surface area contributed by atoms with E-state index in [9.17, 15) is 4.79 Å². The van der Waals surface area contributed by atoms with E-state index in [1.165, 1.54) is 6.07 Å². The Balaban J connectivity index is 2.33. The number of aromatic carboxylic acids is 1. The molecule has 0 spiro atoms. The largest absolute Gasteiger partial charge is 0.496 e. The first-order valence-corrected chi connectivity index (χ1v) is 6.33. The van der Waals surface area contributed by atoms with Crippen LogP contribution in [0, 0.1) is 0 Å². The molecule has 0 bridgehead atoms. The molecule has 4 heteroatoms. The molecule has 1 N–H and O–H groups in total. The summed E-state index contributed by atoms with van der Waals surface area (Å²) in [5.41, 5.74) is 1.90. The second-order valence-corrected chi connectivity index (χ2v) is 4.58. The molecule has 2 aromatic carbocycles. The summed E-state index contributed by atoms with van der Waals surface area (Å²) >= 11 is 5.82.